The van der Waals surface area contributed by atoms with Crippen molar-refractivity contribution < 1.29 is 80.2 Å². The SMILES string of the molecule is CCCCCCCCCCCCCCCC(=O)O[C@H](COC(=O)CCCCCCCCC(C)CC)COP(=O)(O)OC[C@H](O)COP(=O)(O)OC[C@@H](COC(=O)CCCCCCCCCCCCCCCCC(C)C)OC(=O)CCCCCCCCCCCCCCCCCCCCC(C)CC. The first-order valence-corrected chi connectivity index (χ1v) is 45.9. The minimum Gasteiger partial charge on any atom is -0.462 e. The fourth-order valence-corrected chi connectivity index (χ4v) is 14.4. The van der Waals surface area contributed by atoms with Crippen molar-refractivity contribution in [2.75, 3.05) is 39.6 Å². The molecule has 0 aliphatic rings. The van der Waals surface area contributed by atoms with Gasteiger partial charge in [0.15, 0.2) is 12.2 Å². The van der Waals surface area contributed by atoms with Crippen molar-refractivity contribution in [1.82, 2.24) is 0 Å². The van der Waals surface area contributed by atoms with Crippen molar-refractivity contribution >= 4 is 39.5 Å². The lowest BCUT2D eigenvalue weighted by molar-refractivity contribution is -0.161. The second-order valence-corrected chi connectivity index (χ2v) is 33.7. The number of carbonyl (C=O) groups is 4. The molecule has 0 aromatic carbocycles. The Labute approximate surface area is 626 Å². The Hall–Kier alpha value is -1.94. The van der Waals surface area contributed by atoms with E-state index in [9.17, 15) is 43.2 Å². The standard InChI is InChI=1S/C83H162O17P2/c1-8-11-12-13-14-15-16-25-33-38-43-52-59-66-83(88)100-79(71-94-81(86)65-58-51-46-45-49-56-63-76(7)10-3)73-98-102(91,92)96-69-77(84)68-95-101(89,90)97-72-78(70-93-80(85)64-57-50-42-37-32-28-24-23-26-30-35-40-47-54-61-74(4)5)99-82(87)67-60-53-44-39-34-29-22-20-18-17-19-21-27-31-36-41-48-55-62-75(6)9-2/h74-79,84H,8-73H2,1-7H3,(H,89,90)(H,91,92)/t75?,76?,77-,78-,79-/m1/s1. The van der Waals surface area contributed by atoms with Gasteiger partial charge in [-0.15, -0.1) is 0 Å². The Morgan fingerprint density at radius 2 is 0.500 bits per heavy atom. The molecule has 0 saturated heterocycles. The summed E-state index contributed by atoms with van der Waals surface area (Å²) >= 11 is 0. The van der Waals surface area contributed by atoms with Gasteiger partial charge in [-0.25, -0.2) is 9.13 Å². The molecule has 3 N–H and O–H groups in total. The number of esters is 4. The molecular formula is C83H162O17P2. The van der Waals surface area contributed by atoms with Crippen molar-refractivity contribution in [2.24, 2.45) is 17.8 Å². The van der Waals surface area contributed by atoms with Crippen LogP contribution in [0.25, 0.3) is 0 Å². The second-order valence-electron chi connectivity index (χ2n) is 30.8. The molecule has 0 amide bonds. The molecule has 4 unspecified atom stereocenters. The summed E-state index contributed by atoms with van der Waals surface area (Å²) in [4.78, 5) is 73.1. The van der Waals surface area contributed by atoms with Gasteiger partial charge in [-0.3, -0.25) is 37.3 Å². The molecule has 0 aliphatic carbocycles. The number of aliphatic hydroxyl groups excluding tert-OH is 1. The van der Waals surface area contributed by atoms with Crippen LogP contribution in [0.3, 0.4) is 0 Å². The van der Waals surface area contributed by atoms with Crippen LogP contribution in [-0.4, -0.2) is 96.7 Å². The summed E-state index contributed by atoms with van der Waals surface area (Å²) in [5.41, 5.74) is 0. The second kappa shape index (κ2) is 73.2. The van der Waals surface area contributed by atoms with E-state index in [1.807, 2.05) is 0 Å². The highest BCUT2D eigenvalue weighted by Crippen LogP contribution is 2.45. The molecule has 17 nitrogen and oxygen atoms in total. The van der Waals surface area contributed by atoms with E-state index in [4.69, 9.17) is 37.0 Å². The van der Waals surface area contributed by atoms with E-state index in [-0.39, 0.29) is 25.7 Å². The van der Waals surface area contributed by atoms with Crippen LogP contribution in [0.1, 0.15) is 434 Å². The predicted octanol–water partition coefficient (Wildman–Crippen LogP) is 24.9. The van der Waals surface area contributed by atoms with E-state index in [1.165, 1.54) is 238 Å². The summed E-state index contributed by atoms with van der Waals surface area (Å²) in [5.74, 6) is 0.292. The fraction of sp³-hybridized carbons (Fsp3) is 0.952. The molecule has 0 heterocycles. The molecular weight excluding hydrogens is 1330 g/mol. The molecule has 0 saturated carbocycles. The van der Waals surface area contributed by atoms with Crippen LogP contribution in [0.2, 0.25) is 0 Å². The number of phosphoric ester groups is 2. The Morgan fingerprint density at radius 3 is 0.745 bits per heavy atom. The predicted molar refractivity (Wildman–Crippen MR) is 418 cm³/mol. The number of hydrogen-bond donors (Lipinski definition) is 3. The summed E-state index contributed by atoms with van der Waals surface area (Å²) in [5, 5.41) is 10.6. The first-order valence-electron chi connectivity index (χ1n) is 42.9. The highest BCUT2D eigenvalue weighted by atomic mass is 31.2. The Bertz CT molecular complexity index is 1980. The minimum atomic E-state index is -4.96. The third-order valence-electron chi connectivity index (χ3n) is 20.1. The van der Waals surface area contributed by atoms with Crippen LogP contribution in [-0.2, 0) is 65.4 Å². The van der Waals surface area contributed by atoms with Gasteiger partial charge in [-0.05, 0) is 43.4 Å². The number of phosphoric acid groups is 2. The quantitative estimate of drug-likeness (QED) is 0.0222. The lowest BCUT2D eigenvalue weighted by atomic mass is 9.99. The number of rotatable bonds is 81. The Kier molecular flexibility index (Phi) is 71.8. The number of hydrogen-bond acceptors (Lipinski definition) is 15. The van der Waals surface area contributed by atoms with Gasteiger partial charge in [-0.2, -0.15) is 0 Å². The van der Waals surface area contributed by atoms with Crippen molar-refractivity contribution in [3.63, 3.8) is 0 Å². The van der Waals surface area contributed by atoms with E-state index < -0.39 is 97.5 Å². The number of aliphatic hydroxyl groups is 1. The third kappa shape index (κ3) is 73.6. The van der Waals surface area contributed by atoms with Gasteiger partial charge in [0.25, 0.3) is 0 Å². The summed E-state index contributed by atoms with van der Waals surface area (Å²) in [6.45, 7) is 12.0. The summed E-state index contributed by atoms with van der Waals surface area (Å²) in [6, 6.07) is 0. The lowest BCUT2D eigenvalue weighted by Crippen LogP contribution is -2.30. The maximum atomic E-state index is 13.1. The van der Waals surface area contributed by atoms with Crippen molar-refractivity contribution in [2.45, 2.75) is 452 Å². The summed E-state index contributed by atoms with van der Waals surface area (Å²) in [7, 11) is -9.92. The molecule has 0 aromatic rings. The van der Waals surface area contributed by atoms with Crippen LogP contribution in [0.4, 0.5) is 0 Å². The van der Waals surface area contributed by atoms with Crippen LogP contribution in [0, 0.1) is 17.8 Å². The largest absolute Gasteiger partial charge is 0.472 e. The van der Waals surface area contributed by atoms with Gasteiger partial charge in [0, 0.05) is 25.7 Å². The van der Waals surface area contributed by atoms with E-state index in [1.54, 1.807) is 0 Å². The molecule has 7 atom stereocenters. The van der Waals surface area contributed by atoms with Gasteiger partial charge in [0.1, 0.15) is 19.3 Å². The van der Waals surface area contributed by atoms with Crippen molar-refractivity contribution in [3.8, 4) is 0 Å². The number of ether oxygens (including phenoxy) is 4. The van der Waals surface area contributed by atoms with E-state index in [0.29, 0.717) is 25.7 Å². The van der Waals surface area contributed by atoms with Gasteiger partial charge in [-0.1, -0.05) is 382 Å². The molecule has 0 aliphatic heterocycles. The number of carbonyl (C=O) groups excluding carboxylic acids is 4. The summed E-state index contributed by atoms with van der Waals surface area (Å²) in [6.07, 6.45) is 62.4. The molecule has 0 rings (SSSR count). The van der Waals surface area contributed by atoms with Crippen LogP contribution in [0.15, 0.2) is 0 Å². The number of unbranched alkanes of at least 4 members (excludes halogenated alkanes) is 47. The smallest absolute Gasteiger partial charge is 0.462 e. The Morgan fingerprint density at radius 1 is 0.284 bits per heavy atom. The highest BCUT2D eigenvalue weighted by Gasteiger charge is 2.30. The molecule has 0 spiro atoms. The summed E-state index contributed by atoms with van der Waals surface area (Å²) < 4.78 is 68.8. The average molecular weight is 1490 g/mol. The van der Waals surface area contributed by atoms with Crippen LogP contribution < -0.4 is 0 Å². The third-order valence-corrected chi connectivity index (χ3v) is 22.0. The van der Waals surface area contributed by atoms with E-state index >= 15 is 0 Å². The van der Waals surface area contributed by atoms with Crippen LogP contribution >= 0.6 is 15.6 Å². The molecule has 0 radical (unpaired) electrons. The zero-order valence-electron chi connectivity index (χ0n) is 67.1. The molecule has 0 aromatic heterocycles. The maximum Gasteiger partial charge on any atom is 0.472 e. The van der Waals surface area contributed by atoms with Crippen molar-refractivity contribution in [1.29, 1.82) is 0 Å². The first-order chi connectivity index (χ1) is 49.3. The monoisotopic (exact) mass is 1490 g/mol. The van der Waals surface area contributed by atoms with Crippen LogP contribution in [0.5, 0.6) is 0 Å². The van der Waals surface area contributed by atoms with E-state index in [2.05, 4.69) is 48.5 Å². The lowest BCUT2D eigenvalue weighted by Gasteiger charge is -2.21. The van der Waals surface area contributed by atoms with E-state index in [0.717, 1.165) is 114 Å². The zero-order valence-corrected chi connectivity index (χ0v) is 68.9. The van der Waals surface area contributed by atoms with Crippen molar-refractivity contribution in [3.05, 3.63) is 0 Å². The molecule has 0 bridgehead atoms. The average Bonchev–Trinajstić information content (AvgIpc) is 0.919. The maximum absolute atomic E-state index is 13.1. The molecule has 102 heavy (non-hydrogen) atoms. The Balaban J connectivity index is 5.22. The van der Waals surface area contributed by atoms with Gasteiger partial charge in [0.05, 0.1) is 26.4 Å². The minimum absolute atomic E-state index is 0.107. The van der Waals surface area contributed by atoms with Gasteiger partial charge < -0.3 is 33.8 Å². The molecule has 19 heteroatoms. The van der Waals surface area contributed by atoms with Gasteiger partial charge >= 0.3 is 39.5 Å². The molecule has 606 valence electrons. The zero-order chi connectivity index (χ0) is 75.1. The topological polar surface area (TPSA) is 237 Å². The normalized spacial score (nSPS) is 14.5. The highest BCUT2D eigenvalue weighted by molar-refractivity contribution is 7.47. The first kappa shape index (κ1) is 100. The van der Waals surface area contributed by atoms with Gasteiger partial charge in [0.2, 0.25) is 0 Å². The fourth-order valence-electron chi connectivity index (χ4n) is 12.8. The molecule has 0 fully saturated rings.